The molecule has 4 aromatic carbocycles. The van der Waals surface area contributed by atoms with E-state index in [0.29, 0.717) is 23.7 Å². The maximum atomic E-state index is 13.1. The zero-order valence-corrected chi connectivity index (χ0v) is 23.4. The number of hydrogen-bond donors (Lipinski definition) is 3. The number of amides is 2. The molecular weight excluding hydrogens is 573 g/mol. The van der Waals surface area contributed by atoms with Crippen LogP contribution in [0.4, 0.5) is 5.69 Å². The number of rotatable bonds is 11. The van der Waals surface area contributed by atoms with E-state index in [2.05, 4.69) is 15.4 Å². The number of anilines is 1. The third-order valence-electron chi connectivity index (χ3n) is 5.66. The molecule has 206 valence electrons. The van der Waals surface area contributed by atoms with Gasteiger partial charge in [-0.25, -0.2) is 8.42 Å². The van der Waals surface area contributed by atoms with Crippen LogP contribution in [0.5, 0.6) is 11.5 Å². The largest absolute Gasteiger partial charge is 0.454 e. The van der Waals surface area contributed by atoms with Crippen molar-refractivity contribution in [2.75, 3.05) is 17.8 Å². The summed E-state index contributed by atoms with van der Waals surface area (Å²) < 4.78 is 34.4. The molecule has 40 heavy (non-hydrogen) atoms. The Morgan fingerprint density at radius 2 is 1.48 bits per heavy atom. The number of benzene rings is 4. The summed E-state index contributed by atoms with van der Waals surface area (Å²) >= 11 is 12.1. The molecule has 8 nitrogen and oxygen atoms in total. The van der Waals surface area contributed by atoms with Crippen molar-refractivity contribution in [3.05, 3.63) is 118 Å². The Hall–Kier alpha value is -4.05. The molecule has 0 aliphatic heterocycles. The smallest absolute Gasteiger partial charge is 0.262 e. The first-order chi connectivity index (χ1) is 19.2. The second-order valence-corrected chi connectivity index (χ2v) is 11.1. The number of halogens is 2. The Morgan fingerprint density at radius 3 is 2.20 bits per heavy atom. The van der Waals surface area contributed by atoms with E-state index >= 15 is 0 Å². The van der Waals surface area contributed by atoms with E-state index in [4.69, 9.17) is 27.9 Å². The van der Waals surface area contributed by atoms with Crippen molar-refractivity contribution in [2.24, 2.45) is 0 Å². The monoisotopic (exact) mass is 597 g/mol. The number of hydrogen-bond acceptors (Lipinski definition) is 5. The predicted octanol–water partition coefficient (Wildman–Crippen LogP) is 5.68. The van der Waals surface area contributed by atoms with Gasteiger partial charge in [-0.05, 0) is 66.6 Å². The Morgan fingerprint density at radius 1 is 0.775 bits per heavy atom. The number of sulfonamides is 1. The van der Waals surface area contributed by atoms with Crippen molar-refractivity contribution >= 4 is 50.7 Å². The van der Waals surface area contributed by atoms with Crippen molar-refractivity contribution in [1.82, 2.24) is 10.6 Å². The summed E-state index contributed by atoms with van der Waals surface area (Å²) in [6.45, 7) is 0.239. The fourth-order valence-corrected chi connectivity index (χ4v) is 5.14. The van der Waals surface area contributed by atoms with Gasteiger partial charge in [0.25, 0.3) is 15.9 Å². The van der Waals surface area contributed by atoms with Crippen LogP contribution >= 0.6 is 23.2 Å². The first-order valence-electron chi connectivity index (χ1n) is 12.1. The molecular formula is C29H25Cl2N3O5S. The zero-order chi connectivity index (χ0) is 28.5. The highest BCUT2D eigenvalue weighted by Gasteiger charge is 2.18. The van der Waals surface area contributed by atoms with Gasteiger partial charge in [0.2, 0.25) is 5.91 Å². The minimum absolute atomic E-state index is 0.0676. The summed E-state index contributed by atoms with van der Waals surface area (Å²) in [5, 5.41) is 5.99. The number of nitrogens with one attached hydrogen (secondary N) is 3. The molecule has 2 amide bonds. The van der Waals surface area contributed by atoms with Crippen molar-refractivity contribution in [2.45, 2.75) is 11.3 Å². The second kappa shape index (κ2) is 13.3. The number of para-hydroxylation sites is 2. The molecule has 0 aliphatic rings. The van der Waals surface area contributed by atoms with Gasteiger partial charge >= 0.3 is 0 Å². The van der Waals surface area contributed by atoms with Crippen molar-refractivity contribution in [3.8, 4) is 11.5 Å². The van der Waals surface area contributed by atoms with Crippen LogP contribution in [0.3, 0.4) is 0 Å². The fourth-order valence-electron chi connectivity index (χ4n) is 3.62. The molecule has 0 saturated carbocycles. The molecule has 0 aromatic heterocycles. The van der Waals surface area contributed by atoms with Gasteiger partial charge in [-0.2, -0.15) is 0 Å². The average molecular weight is 599 g/mol. The normalized spacial score (nSPS) is 10.9. The summed E-state index contributed by atoms with van der Waals surface area (Å²) in [6.07, 6.45) is 0.677. The van der Waals surface area contributed by atoms with Crippen LogP contribution in [0.15, 0.2) is 102 Å². The first kappa shape index (κ1) is 28.9. The molecule has 0 unspecified atom stereocenters. The molecule has 0 aliphatic carbocycles. The summed E-state index contributed by atoms with van der Waals surface area (Å²) in [6, 6.07) is 26.2. The molecule has 11 heteroatoms. The highest BCUT2D eigenvalue weighted by molar-refractivity contribution is 7.92. The topological polar surface area (TPSA) is 114 Å². The molecule has 0 saturated heterocycles. The fraction of sp³-hybridized carbons (Fsp3) is 0.103. The number of ether oxygens (including phenoxy) is 1. The van der Waals surface area contributed by atoms with Crippen LogP contribution in [0.1, 0.15) is 15.9 Å². The Bertz CT molecular complexity index is 1600. The minimum Gasteiger partial charge on any atom is -0.454 e. The Balaban J connectivity index is 1.33. The molecule has 0 spiro atoms. The summed E-state index contributed by atoms with van der Waals surface area (Å²) in [7, 11) is -4.03. The molecule has 3 N–H and O–H groups in total. The Kier molecular flexibility index (Phi) is 9.65. The van der Waals surface area contributed by atoms with Gasteiger partial charge in [0, 0.05) is 17.1 Å². The van der Waals surface area contributed by atoms with Gasteiger partial charge in [0.05, 0.1) is 22.2 Å². The lowest BCUT2D eigenvalue weighted by Gasteiger charge is -2.14. The van der Waals surface area contributed by atoms with Crippen LogP contribution in [0, 0.1) is 0 Å². The van der Waals surface area contributed by atoms with Crippen molar-refractivity contribution in [3.63, 3.8) is 0 Å². The van der Waals surface area contributed by atoms with Crippen molar-refractivity contribution < 1.29 is 22.7 Å². The molecule has 4 aromatic rings. The quantitative estimate of drug-likeness (QED) is 0.206. The van der Waals surface area contributed by atoms with Gasteiger partial charge in [0.15, 0.2) is 5.75 Å². The van der Waals surface area contributed by atoms with Gasteiger partial charge < -0.3 is 15.4 Å². The molecule has 0 bridgehead atoms. The van der Waals surface area contributed by atoms with Gasteiger partial charge in [-0.3, -0.25) is 14.3 Å². The van der Waals surface area contributed by atoms with Crippen LogP contribution in [-0.2, 0) is 21.2 Å². The molecule has 4 rings (SSSR count). The van der Waals surface area contributed by atoms with E-state index < -0.39 is 15.9 Å². The lowest BCUT2D eigenvalue weighted by atomic mass is 10.1. The van der Waals surface area contributed by atoms with Crippen molar-refractivity contribution in [1.29, 1.82) is 0 Å². The summed E-state index contributed by atoms with van der Waals surface area (Å²) in [5.74, 6) is -0.298. The lowest BCUT2D eigenvalue weighted by molar-refractivity contribution is -0.120. The summed E-state index contributed by atoms with van der Waals surface area (Å²) in [5.41, 5.74) is 1.49. The van der Waals surface area contributed by atoms with E-state index in [-0.39, 0.29) is 39.4 Å². The Labute approximate surface area is 242 Å². The van der Waals surface area contributed by atoms with Crippen LogP contribution in [0.2, 0.25) is 10.0 Å². The maximum absolute atomic E-state index is 13.1. The number of carbonyl (C=O) groups is 2. The lowest BCUT2D eigenvalue weighted by Crippen LogP contribution is -2.37. The minimum atomic E-state index is -4.03. The van der Waals surface area contributed by atoms with Gasteiger partial charge in [-0.15, -0.1) is 0 Å². The van der Waals surface area contributed by atoms with Gasteiger partial charge in [-0.1, -0.05) is 65.7 Å². The third kappa shape index (κ3) is 7.98. The van der Waals surface area contributed by atoms with E-state index in [9.17, 15) is 18.0 Å². The predicted molar refractivity (Wildman–Crippen MR) is 156 cm³/mol. The molecule has 0 heterocycles. The standard InChI is InChI=1S/C29H25Cl2N3O5S/c30-22-12-15-26(24(31)18-22)39-27-9-5-4-8-25(27)34-40(37,38)23-13-10-21(11-14-23)29(36)33-19-28(35)32-17-16-20-6-2-1-3-7-20/h1-15,18,34H,16-17,19H2,(H,32,35)(H,33,36). The van der Waals surface area contributed by atoms with E-state index in [1.54, 1.807) is 36.4 Å². The second-order valence-electron chi connectivity index (χ2n) is 8.57. The highest BCUT2D eigenvalue weighted by Crippen LogP contribution is 2.35. The first-order valence-corrected chi connectivity index (χ1v) is 14.4. The molecule has 0 fully saturated rings. The van der Waals surface area contributed by atoms with Crippen LogP contribution in [-0.4, -0.2) is 33.3 Å². The third-order valence-corrected chi connectivity index (χ3v) is 7.57. The average Bonchev–Trinajstić information content (AvgIpc) is 2.94. The zero-order valence-electron chi connectivity index (χ0n) is 21.1. The SMILES string of the molecule is O=C(CNC(=O)c1ccc(S(=O)(=O)Nc2ccccc2Oc2ccc(Cl)cc2Cl)cc1)NCCc1ccccc1. The molecule has 0 radical (unpaired) electrons. The maximum Gasteiger partial charge on any atom is 0.262 e. The number of carbonyl (C=O) groups excluding carboxylic acids is 2. The van der Waals surface area contributed by atoms with Gasteiger partial charge in [0.1, 0.15) is 5.75 Å². The van der Waals surface area contributed by atoms with Crippen LogP contribution < -0.4 is 20.1 Å². The highest BCUT2D eigenvalue weighted by atomic mass is 35.5. The van der Waals surface area contributed by atoms with E-state index in [1.165, 1.54) is 30.3 Å². The van der Waals surface area contributed by atoms with E-state index in [1.807, 2.05) is 30.3 Å². The van der Waals surface area contributed by atoms with E-state index in [0.717, 1.165) is 5.56 Å². The molecule has 0 atom stereocenters. The van der Waals surface area contributed by atoms with Crippen LogP contribution in [0.25, 0.3) is 0 Å². The summed E-state index contributed by atoms with van der Waals surface area (Å²) in [4.78, 5) is 24.5.